The van der Waals surface area contributed by atoms with Crippen molar-refractivity contribution in [1.82, 2.24) is 10.6 Å². The van der Waals surface area contributed by atoms with Crippen LogP contribution in [0.4, 0.5) is 0 Å². The lowest BCUT2D eigenvalue weighted by Crippen LogP contribution is -2.43. The van der Waals surface area contributed by atoms with E-state index in [9.17, 15) is 4.79 Å². The molecule has 19 heavy (non-hydrogen) atoms. The average Bonchev–Trinajstić information content (AvgIpc) is 3.23. The van der Waals surface area contributed by atoms with E-state index in [4.69, 9.17) is 4.74 Å². The van der Waals surface area contributed by atoms with Crippen molar-refractivity contribution >= 4 is 5.91 Å². The maximum Gasteiger partial charge on any atom is 0.237 e. The largest absolute Gasteiger partial charge is 0.497 e. The molecule has 0 aliphatic heterocycles. The van der Waals surface area contributed by atoms with E-state index in [1.54, 1.807) is 7.11 Å². The topological polar surface area (TPSA) is 50.4 Å². The fourth-order valence-corrected chi connectivity index (χ4v) is 1.87. The van der Waals surface area contributed by atoms with Crippen LogP contribution in [0.5, 0.6) is 5.75 Å². The van der Waals surface area contributed by atoms with Crippen LogP contribution in [0.2, 0.25) is 0 Å². The summed E-state index contributed by atoms with van der Waals surface area (Å²) in [5, 5.41) is 6.25. The Balaban J connectivity index is 1.68. The van der Waals surface area contributed by atoms with Crippen LogP contribution in [0.15, 0.2) is 24.3 Å². The lowest BCUT2D eigenvalue weighted by molar-refractivity contribution is -0.122. The molecule has 0 aromatic heterocycles. The number of rotatable bonds is 7. The van der Waals surface area contributed by atoms with E-state index < -0.39 is 0 Å². The van der Waals surface area contributed by atoms with Gasteiger partial charge in [0.15, 0.2) is 0 Å². The number of ether oxygens (including phenoxy) is 1. The second-order valence-corrected chi connectivity index (χ2v) is 5.06. The molecule has 2 rings (SSSR count). The van der Waals surface area contributed by atoms with Crippen molar-refractivity contribution < 1.29 is 9.53 Å². The van der Waals surface area contributed by atoms with Crippen molar-refractivity contribution in [2.75, 3.05) is 13.7 Å². The van der Waals surface area contributed by atoms with Crippen LogP contribution in [0.3, 0.4) is 0 Å². The normalized spacial score (nSPS) is 15.9. The van der Waals surface area contributed by atoms with Crippen LogP contribution in [-0.2, 0) is 11.2 Å². The molecule has 1 aromatic carbocycles. The maximum atomic E-state index is 11.7. The third-order valence-corrected chi connectivity index (χ3v) is 3.34. The lowest BCUT2D eigenvalue weighted by Gasteiger charge is -2.13. The Hall–Kier alpha value is -1.55. The minimum absolute atomic E-state index is 0.109. The zero-order valence-electron chi connectivity index (χ0n) is 11.6. The predicted octanol–water partition coefficient (Wildman–Crippen LogP) is 1.49. The molecule has 2 N–H and O–H groups in total. The molecule has 1 unspecified atom stereocenters. The Morgan fingerprint density at radius 3 is 2.63 bits per heavy atom. The number of hydrogen-bond donors (Lipinski definition) is 2. The maximum absolute atomic E-state index is 11.7. The van der Waals surface area contributed by atoms with Crippen LogP contribution in [-0.4, -0.2) is 31.6 Å². The standard InChI is InChI=1S/C15H22N2O2/c1-11(15(18)17-13-5-6-13)16-10-9-12-3-7-14(19-2)8-4-12/h3-4,7-8,11,13,16H,5-6,9-10H2,1-2H3,(H,17,18). The molecule has 1 saturated carbocycles. The van der Waals surface area contributed by atoms with Gasteiger partial charge in [0.05, 0.1) is 13.2 Å². The molecule has 1 aliphatic carbocycles. The summed E-state index contributed by atoms with van der Waals surface area (Å²) in [4.78, 5) is 11.7. The van der Waals surface area contributed by atoms with Gasteiger partial charge in [-0.3, -0.25) is 4.79 Å². The first-order valence-corrected chi connectivity index (χ1v) is 6.85. The lowest BCUT2D eigenvalue weighted by atomic mass is 10.1. The molecule has 4 heteroatoms. The van der Waals surface area contributed by atoms with Crippen molar-refractivity contribution in [3.63, 3.8) is 0 Å². The van der Waals surface area contributed by atoms with E-state index in [0.29, 0.717) is 6.04 Å². The molecule has 1 amide bonds. The summed E-state index contributed by atoms with van der Waals surface area (Å²) in [5.74, 6) is 0.978. The number of amides is 1. The summed E-state index contributed by atoms with van der Waals surface area (Å²) >= 11 is 0. The third kappa shape index (κ3) is 4.56. The van der Waals surface area contributed by atoms with Crippen molar-refractivity contribution in [2.45, 2.75) is 38.3 Å². The minimum atomic E-state index is -0.126. The highest BCUT2D eigenvalue weighted by Gasteiger charge is 2.25. The van der Waals surface area contributed by atoms with Crippen molar-refractivity contribution in [2.24, 2.45) is 0 Å². The molecule has 0 spiro atoms. The number of benzene rings is 1. The van der Waals surface area contributed by atoms with Gasteiger partial charge in [-0.2, -0.15) is 0 Å². The zero-order valence-corrected chi connectivity index (χ0v) is 11.6. The molecule has 1 atom stereocenters. The molecule has 4 nitrogen and oxygen atoms in total. The van der Waals surface area contributed by atoms with Gasteiger partial charge >= 0.3 is 0 Å². The van der Waals surface area contributed by atoms with E-state index in [2.05, 4.69) is 22.8 Å². The van der Waals surface area contributed by atoms with Crippen LogP contribution < -0.4 is 15.4 Å². The number of carbonyl (C=O) groups excluding carboxylic acids is 1. The second-order valence-electron chi connectivity index (χ2n) is 5.06. The molecule has 0 radical (unpaired) electrons. The van der Waals surface area contributed by atoms with Gasteiger partial charge in [0, 0.05) is 6.04 Å². The minimum Gasteiger partial charge on any atom is -0.497 e. The number of nitrogens with one attached hydrogen (secondary N) is 2. The van der Waals surface area contributed by atoms with Gasteiger partial charge in [0.1, 0.15) is 5.75 Å². The van der Waals surface area contributed by atoms with Gasteiger partial charge in [-0.15, -0.1) is 0 Å². The summed E-state index contributed by atoms with van der Waals surface area (Å²) in [6.45, 7) is 2.71. The molecule has 1 fully saturated rings. The van der Waals surface area contributed by atoms with Gasteiger partial charge in [0.25, 0.3) is 0 Å². The molecular formula is C15H22N2O2. The summed E-state index contributed by atoms with van der Waals surface area (Å²) < 4.78 is 5.12. The molecule has 1 aromatic rings. The second kappa shape index (κ2) is 6.57. The molecule has 0 heterocycles. The number of hydrogen-bond acceptors (Lipinski definition) is 3. The van der Waals surface area contributed by atoms with E-state index in [1.807, 2.05) is 19.1 Å². The van der Waals surface area contributed by atoms with Crippen LogP contribution in [0, 0.1) is 0 Å². The van der Waals surface area contributed by atoms with E-state index in [1.165, 1.54) is 5.56 Å². The van der Waals surface area contributed by atoms with E-state index in [0.717, 1.165) is 31.6 Å². The van der Waals surface area contributed by atoms with E-state index in [-0.39, 0.29) is 11.9 Å². The molecule has 1 aliphatic rings. The summed E-state index contributed by atoms with van der Waals surface area (Å²) in [6.07, 6.45) is 3.17. The van der Waals surface area contributed by atoms with Gasteiger partial charge in [0.2, 0.25) is 5.91 Å². The quantitative estimate of drug-likeness (QED) is 0.783. The van der Waals surface area contributed by atoms with Crippen LogP contribution in [0.25, 0.3) is 0 Å². The number of carbonyl (C=O) groups is 1. The van der Waals surface area contributed by atoms with E-state index >= 15 is 0 Å². The van der Waals surface area contributed by atoms with Crippen molar-refractivity contribution in [3.05, 3.63) is 29.8 Å². The van der Waals surface area contributed by atoms with Crippen LogP contribution in [0.1, 0.15) is 25.3 Å². The first-order valence-electron chi connectivity index (χ1n) is 6.85. The summed E-state index contributed by atoms with van der Waals surface area (Å²) in [6, 6.07) is 8.32. The summed E-state index contributed by atoms with van der Waals surface area (Å²) in [7, 11) is 1.66. The predicted molar refractivity (Wildman–Crippen MR) is 75.3 cm³/mol. The Bertz CT molecular complexity index is 413. The Morgan fingerprint density at radius 1 is 1.37 bits per heavy atom. The molecule has 0 saturated heterocycles. The van der Waals surface area contributed by atoms with Crippen LogP contribution >= 0.6 is 0 Å². The monoisotopic (exact) mass is 262 g/mol. The Morgan fingerprint density at radius 2 is 2.05 bits per heavy atom. The highest BCUT2D eigenvalue weighted by Crippen LogP contribution is 2.18. The van der Waals surface area contributed by atoms with Gasteiger partial charge in [-0.05, 0) is 50.4 Å². The molecular weight excluding hydrogens is 240 g/mol. The van der Waals surface area contributed by atoms with Crippen molar-refractivity contribution in [1.29, 1.82) is 0 Å². The van der Waals surface area contributed by atoms with Gasteiger partial charge in [-0.1, -0.05) is 12.1 Å². The summed E-state index contributed by atoms with van der Waals surface area (Å²) in [5.41, 5.74) is 1.24. The molecule has 104 valence electrons. The average molecular weight is 262 g/mol. The fraction of sp³-hybridized carbons (Fsp3) is 0.533. The van der Waals surface area contributed by atoms with Crippen molar-refractivity contribution in [3.8, 4) is 5.75 Å². The highest BCUT2D eigenvalue weighted by atomic mass is 16.5. The van der Waals surface area contributed by atoms with Gasteiger partial charge < -0.3 is 15.4 Å². The van der Waals surface area contributed by atoms with Gasteiger partial charge in [-0.25, -0.2) is 0 Å². The highest BCUT2D eigenvalue weighted by molar-refractivity contribution is 5.81. The number of methoxy groups -OCH3 is 1. The molecule has 0 bridgehead atoms. The Labute approximate surface area is 114 Å². The first-order chi connectivity index (χ1) is 9.19. The SMILES string of the molecule is COc1ccc(CCNC(C)C(=O)NC2CC2)cc1. The zero-order chi connectivity index (χ0) is 13.7. The Kier molecular flexibility index (Phi) is 4.80. The first kappa shape index (κ1) is 13.9. The smallest absolute Gasteiger partial charge is 0.237 e. The third-order valence-electron chi connectivity index (χ3n) is 3.34. The fourth-order valence-electron chi connectivity index (χ4n) is 1.87.